The first kappa shape index (κ1) is 37.0. The normalized spacial score (nSPS) is 16.3. The largest absolute Gasteiger partial charge is 0.465 e. The number of carbonyl (C=O) groups excluding carboxylic acids is 4. The zero-order valence-electron chi connectivity index (χ0n) is 32.7. The molecule has 0 atom stereocenters. The number of nitrogens with one attached hydrogen (secondary N) is 2. The van der Waals surface area contributed by atoms with Crippen molar-refractivity contribution in [1.82, 2.24) is 0 Å². The quantitative estimate of drug-likeness (QED) is 0.0832. The molecule has 294 valence electrons. The number of esters is 4. The zero-order valence-corrected chi connectivity index (χ0v) is 32.7. The van der Waals surface area contributed by atoms with E-state index in [-0.39, 0.29) is 52.1 Å². The lowest BCUT2D eigenvalue weighted by Crippen LogP contribution is -2.43. The number of aliphatic imine (C=N–C) groups is 2. The van der Waals surface area contributed by atoms with E-state index in [4.69, 9.17) is 28.9 Å². The van der Waals surface area contributed by atoms with Crippen LogP contribution in [0.1, 0.15) is 61.1 Å². The fraction of sp³-hybridized carbons (Fsp3) is 0.304. The van der Waals surface area contributed by atoms with E-state index < -0.39 is 34.7 Å². The van der Waals surface area contributed by atoms with E-state index in [0.29, 0.717) is 45.1 Å². The van der Waals surface area contributed by atoms with Gasteiger partial charge in [0.05, 0.1) is 37.8 Å². The molecule has 4 aliphatic rings. The van der Waals surface area contributed by atoms with Crippen molar-refractivity contribution in [1.29, 1.82) is 0 Å². The van der Waals surface area contributed by atoms with Gasteiger partial charge >= 0.3 is 23.9 Å². The van der Waals surface area contributed by atoms with Crippen LogP contribution in [0.3, 0.4) is 0 Å². The Labute approximate surface area is 334 Å². The average molecular weight is 779 g/mol. The molecule has 5 aromatic rings. The molecular formula is C46H42N4O8. The number of benzene rings is 5. The van der Waals surface area contributed by atoms with Crippen LogP contribution in [-0.4, -0.2) is 62.0 Å². The minimum atomic E-state index is -1.74. The molecule has 0 saturated carbocycles. The van der Waals surface area contributed by atoms with Gasteiger partial charge in [-0.05, 0) is 85.0 Å². The maximum atomic E-state index is 14.2. The lowest BCUT2D eigenvalue weighted by molar-refractivity contribution is -0.172. The van der Waals surface area contributed by atoms with Gasteiger partial charge in [-0.1, -0.05) is 48.5 Å². The highest BCUT2D eigenvalue weighted by Crippen LogP contribution is 2.52. The summed E-state index contributed by atoms with van der Waals surface area (Å²) in [4.78, 5) is 67.4. The van der Waals surface area contributed by atoms with Crippen LogP contribution >= 0.6 is 0 Å². The Morgan fingerprint density at radius 3 is 1.12 bits per heavy atom. The van der Waals surface area contributed by atoms with Crippen LogP contribution in [0.25, 0.3) is 21.5 Å². The number of amidine groups is 2. The van der Waals surface area contributed by atoms with Crippen LogP contribution in [0, 0.1) is 10.8 Å². The van der Waals surface area contributed by atoms with Gasteiger partial charge in [-0.15, -0.1) is 0 Å². The molecule has 0 bridgehead atoms. The summed E-state index contributed by atoms with van der Waals surface area (Å²) in [5, 5.41) is 11.0. The molecule has 0 spiro atoms. The third-order valence-corrected chi connectivity index (χ3v) is 11.7. The van der Waals surface area contributed by atoms with Crippen molar-refractivity contribution < 1.29 is 38.1 Å². The summed E-state index contributed by atoms with van der Waals surface area (Å²) in [6, 6.07) is 23.7. The second-order valence-electron chi connectivity index (χ2n) is 14.9. The molecule has 0 saturated heterocycles. The molecular weight excluding hydrogens is 737 g/mol. The van der Waals surface area contributed by atoms with Gasteiger partial charge in [-0.3, -0.25) is 19.2 Å². The molecule has 12 nitrogen and oxygen atoms in total. The Morgan fingerprint density at radius 1 is 0.500 bits per heavy atom. The monoisotopic (exact) mass is 778 g/mol. The predicted octanol–water partition coefficient (Wildman–Crippen LogP) is 7.42. The highest BCUT2D eigenvalue weighted by Gasteiger charge is 2.59. The summed E-state index contributed by atoms with van der Waals surface area (Å²) >= 11 is 0. The summed E-state index contributed by atoms with van der Waals surface area (Å²) in [5.74, 6) is -1.89. The van der Waals surface area contributed by atoms with Gasteiger partial charge in [0.1, 0.15) is 11.7 Å². The molecule has 0 unspecified atom stereocenters. The molecule has 0 radical (unpaired) electrons. The number of rotatable bonds is 10. The van der Waals surface area contributed by atoms with Gasteiger partial charge in [0, 0.05) is 59.0 Å². The predicted molar refractivity (Wildman–Crippen MR) is 220 cm³/mol. The number of carbonyl (C=O) groups is 4. The summed E-state index contributed by atoms with van der Waals surface area (Å²) in [6.45, 7) is 7.02. The Morgan fingerprint density at radius 2 is 0.810 bits per heavy atom. The van der Waals surface area contributed by atoms with Crippen LogP contribution in [0.15, 0.2) is 82.8 Å². The number of fused-ring (bicyclic) bond motifs is 2. The van der Waals surface area contributed by atoms with Crippen molar-refractivity contribution >= 4 is 79.8 Å². The topological polar surface area (TPSA) is 154 Å². The Hall–Kier alpha value is -6.56. The van der Waals surface area contributed by atoms with Crippen molar-refractivity contribution in [3.63, 3.8) is 0 Å². The zero-order chi connectivity index (χ0) is 40.3. The maximum absolute atomic E-state index is 14.2. The van der Waals surface area contributed by atoms with Crippen molar-refractivity contribution in [2.45, 2.75) is 53.4 Å². The molecule has 0 amide bonds. The molecule has 0 fully saturated rings. The summed E-state index contributed by atoms with van der Waals surface area (Å²) in [7, 11) is 0. The number of hydrogen-bond acceptors (Lipinski definition) is 12. The first-order chi connectivity index (χ1) is 28.2. The van der Waals surface area contributed by atoms with E-state index >= 15 is 0 Å². The van der Waals surface area contributed by atoms with Gasteiger partial charge in [-0.25, -0.2) is 9.98 Å². The molecule has 2 N–H and O–H groups in total. The van der Waals surface area contributed by atoms with E-state index in [0.717, 1.165) is 44.3 Å². The average Bonchev–Trinajstić information content (AvgIpc) is 3.82. The van der Waals surface area contributed by atoms with Crippen LogP contribution in [0.5, 0.6) is 0 Å². The van der Waals surface area contributed by atoms with Gasteiger partial charge in [0.15, 0.2) is 10.8 Å². The van der Waals surface area contributed by atoms with Gasteiger partial charge in [-0.2, -0.15) is 0 Å². The maximum Gasteiger partial charge on any atom is 0.324 e. The van der Waals surface area contributed by atoms with Gasteiger partial charge in [0.2, 0.25) is 0 Å². The molecule has 58 heavy (non-hydrogen) atoms. The Bertz CT molecular complexity index is 2410. The van der Waals surface area contributed by atoms with Gasteiger partial charge in [0.25, 0.3) is 0 Å². The highest BCUT2D eigenvalue weighted by molar-refractivity contribution is 6.24. The van der Waals surface area contributed by atoms with Crippen molar-refractivity contribution in [2.75, 3.05) is 37.1 Å². The molecule has 12 heteroatoms. The molecule has 2 aliphatic carbocycles. The molecule has 0 aromatic heterocycles. The van der Waals surface area contributed by atoms with E-state index in [1.165, 1.54) is 0 Å². The summed E-state index contributed by atoms with van der Waals surface area (Å²) < 4.78 is 22.7. The minimum Gasteiger partial charge on any atom is -0.465 e. The first-order valence-electron chi connectivity index (χ1n) is 19.8. The third kappa shape index (κ3) is 5.48. The smallest absolute Gasteiger partial charge is 0.324 e. The fourth-order valence-electron chi connectivity index (χ4n) is 9.30. The molecule has 9 rings (SSSR count). The van der Waals surface area contributed by atoms with E-state index in [1.54, 1.807) is 27.7 Å². The van der Waals surface area contributed by atoms with Crippen LogP contribution in [0.4, 0.5) is 22.7 Å². The fourth-order valence-corrected chi connectivity index (χ4v) is 9.30. The second kappa shape index (κ2) is 14.1. The Balaban J connectivity index is 1.37. The summed E-state index contributed by atoms with van der Waals surface area (Å²) in [5.41, 5.74) is 3.30. The molecule has 2 heterocycles. The first-order valence-corrected chi connectivity index (χ1v) is 19.8. The van der Waals surface area contributed by atoms with E-state index in [9.17, 15) is 19.2 Å². The lowest BCUT2D eigenvalue weighted by atomic mass is 9.82. The van der Waals surface area contributed by atoms with Crippen molar-refractivity contribution in [3.8, 4) is 0 Å². The van der Waals surface area contributed by atoms with Crippen molar-refractivity contribution in [2.24, 2.45) is 20.8 Å². The highest BCUT2D eigenvalue weighted by atomic mass is 16.6. The van der Waals surface area contributed by atoms with Crippen LogP contribution < -0.4 is 10.6 Å². The third-order valence-electron chi connectivity index (χ3n) is 11.7. The summed E-state index contributed by atoms with van der Waals surface area (Å²) in [6.07, 6.45) is -0.359. The minimum absolute atomic E-state index is 0.0538. The van der Waals surface area contributed by atoms with E-state index in [2.05, 4.69) is 10.6 Å². The number of anilines is 2. The number of hydrogen-bond donors (Lipinski definition) is 2. The SMILES string of the molecule is CCOC(=O)C1(C(=O)OCC)Cc2c(c(C3=Nc4cccc5cccc(c45)N3)c3c(c2C2=Nc4cccc5cccc(c45)N2)CC(C(=O)OCC)(C(=O)OCC)C3)C1. The lowest BCUT2D eigenvalue weighted by Gasteiger charge is -2.26. The standard InChI is InChI=1S/C46H42N4O8/c1-5-55-41(51)45(42(52)56-6-2)21-27-28(22-45)38(40-49-33-19-11-15-26-16-12-20-34(50-40)36(26)33)30-24-46(43(53)57-7-3,44(54)58-8-4)23-29(30)37(27)39-47-31-17-9-13-25-14-10-18-32(48-39)35(25)31/h9-20H,5-8,21-24H2,1-4H3,(H,47,48)(H,49,50). The van der Waals surface area contributed by atoms with Crippen LogP contribution in [-0.2, 0) is 63.8 Å². The Kier molecular flexibility index (Phi) is 9.02. The van der Waals surface area contributed by atoms with E-state index in [1.807, 2.05) is 72.8 Å². The number of nitrogens with zero attached hydrogens (tertiary/aromatic N) is 2. The second-order valence-corrected chi connectivity index (χ2v) is 14.9. The van der Waals surface area contributed by atoms with Gasteiger partial charge < -0.3 is 29.6 Å². The molecule has 2 aliphatic heterocycles. The number of ether oxygens (including phenoxy) is 4. The van der Waals surface area contributed by atoms with Crippen LogP contribution in [0.2, 0.25) is 0 Å². The van der Waals surface area contributed by atoms with Crippen molar-refractivity contribution in [3.05, 3.63) is 106 Å². The molecule has 5 aromatic carbocycles.